The third-order valence-corrected chi connectivity index (χ3v) is 4.22. The summed E-state index contributed by atoms with van der Waals surface area (Å²) >= 11 is 3.50. The Labute approximate surface area is 133 Å². The van der Waals surface area contributed by atoms with Gasteiger partial charge in [-0.15, -0.1) is 0 Å². The predicted octanol–water partition coefficient (Wildman–Crippen LogP) is 3.21. The highest BCUT2D eigenvalue weighted by Crippen LogP contribution is 2.27. The Kier molecular flexibility index (Phi) is 4.75. The van der Waals surface area contributed by atoms with Crippen LogP contribution in [0.1, 0.15) is 31.2 Å². The number of hydrogen-bond acceptors (Lipinski definition) is 4. The normalized spacial score (nSPS) is 12.5. The van der Waals surface area contributed by atoms with Crippen LogP contribution in [0, 0.1) is 6.92 Å². The summed E-state index contributed by atoms with van der Waals surface area (Å²) in [5, 5.41) is 0. The number of aryl methyl sites for hydroxylation is 1. The monoisotopic (exact) mass is 374 g/mol. The van der Waals surface area contributed by atoms with Crippen molar-refractivity contribution >= 4 is 37.1 Å². The molecule has 0 aliphatic heterocycles. The van der Waals surface area contributed by atoms with Gasteiger partial charge in [-0.2, -0.15) is 8.42 Å². The van der Waals surface area contributed by atoms with Crippen molar-refractivity contribution in [1.82, 2.24) is 9.55 Å². The molecule has 1 aromatic carbocycles. The molecule has 21 heavy (non-hydrogen) atoms. The van der Waals surface area contributed by atoms with Gasteiger partial charge >= 0.3 is 0 Å². The fourth-order valence-electron chi connectivity index (χ4n) is 2.32. The van der Waals surface area contributed by atoms with Crippen LogP contribution >= 0.6 is 15.9 Å². The highest BCUT2D eigenvalue weighted by atomic mass is 79.9. The Morgan fingerprint density at radius 1 is 1.38 bits per heavy atom. The number of rotatable bonds is 5. The highest BCUT2D eigenvalue weighted by molar-refractivity contribution is 9.10. The summed E-state index contributed by atoms with van der Waals surface area (Å²) in [6.07, 6.45) is 1.06. The molecule has 0 aliphatic rings. The first-order valence-electron chi connectivity index (χ1n) is 6.69. The van der Waals surface area contributed by atoms with Crippen LogP contribution in [0.15, 0.2) is 16.6 Å². The van der Waals surface area contributed by atoms with E-state index in [9.17, 15) is 8.42 Å². The quantitative estimate of drug-likeness (QED) is 0.753. The molecule has 0 radical (unpaired) electrons. The van der Waals surface area contributed by atoms with Gasteiger partial charge in [-0.1, -0.05) is 29.8 Å². The molecule has 2 aromatic rings. The maximum atomic E-state index is 11.1. The number of nitrogens with zero attached hydrogens (tertiary/aromatic N) is 2. The van der Waals surface area contributed by atoms with E-state index >= 15 is 0 Å². The topological polar surface area (TPSA) is 61.2 Å². The maximum absolute atomic E-state index is 11.1. The second kappa shape index (κ2) is 6.06. The second-order valence-electron chi connectivity index (χ2n) is 5.39. The van der Waals surface area contributed by atoms with Crippen molar-refractivity contribution in [2.75, 3.05) is 12.9 Å². The lowest BCUT2D eigenvalue weighted by Gasteiger charge is -2.11. The summed E-state index contributed by atoms with van der Waals surface area (Å²) in [5.41, 5.74) is 3.02. The lowest BCUT2D eigenvalue weighted by atomic mass is 10.2. The van der Waals surface area contributed by atoms with Gasteiger partial charge in [0.15, 0.2) is 0 Å². The van der Waals surface area contributed by atoms with Crippen LogP contribution < -0.4 is 0 Å². The maximum Gasteiger partial charge on any atom is 0.264 e. The molecule has 0 fully saturated rings. The minimum Gasteiger partial charge on any atom is -0.325 e. The van der Waals surface area contributed by atoms with E-state index in [0.29, 0.717) is 6.54 Å². The van der Waals surface area contributed by atoms with Gasteiger partial charge in [0.05, 0.1) is 23.9 Å². The molecular weight excluding hydrogens is 356 g/mol. The van der Waals surface area contributed by atoms with Gasteiger partial charge in [0, 0.05) is 16.9 Å². The van der Waals surface area contributed by atoms with Crippen LogP contribution in [0.25, 0.3) is 11.0 Å². The highest BCUT2D eigenvalue weighted by Gasteiger charge is 2.16. The van der Waals surface area contributed by atoms with Gasteiger partial charge < -0.3 is 4.57 Å². The Balaban J connectivity index is 2.46. The minimum atomic E-state index is -3.42. The van der Waals surface area contributed by atoms with Gasteiger partial charge in [0.1, 0.15) is 5.82 Å². The first kappa shape index (κ1) is 16.5. The molecule has 0 aliphatic carbocycles. The zero-order chi connectivity index (χ0) is 15.8. The van der Waals surface area contributed by atoms with Crippen molar-refractivity contribution in [3.63, 3.8) is 0 Å². The van der Waals surface area contributed by atoms with Crippen LogP contribution in [-0.4, -0.2) is 30.8 Å². The smallest absolute Gasteiger partial charge is 0.264 e. The minimum absolute atomic E-state index is 0.107. The van der Waals surface area contributed by atoms with E-state index in [1.54, 1.807) is 0 Å². The van der Waals surface area contributed by atoms with E-state index in [4.69, 9.17) is 9.17 Å². The average Bonchev–Trinajstić information content (AvgIpc) is 2.67. The third kappa shape index (κ3) is 3.84. The Morgan fingerprint density at radius 3 is 2.62 bits per heavy atom. The van der Waals surface area contributed by atoms with E-state index in [0.717, 1.165) is 33.1 Å². The third-order valence-electron chi connectivity index (χ3n) is 3.17. The van der Waals surface area contributed by atoms with Crippen LogP contribution in [0.4, 0.5) is 0 Å². The number of aromatic nitrogens is 2. The first-order chi connectivity index (χ1) is 9.69. The zero-order valence-corrected chi connectivity index (χ0v) is 15.0. The number of fused-ring (bicyclic) bond motifs is 1. The molecule has 2 rings (SSSR count). The summed E-state index contributed by atoms with van der Waals surface area (Å²) in [6.45, 7) is 6.71. The lowest BCUT2D eigenvalue weighted by Crippen LogP contribution is -2.13. The van der Waals surface area contributed by atoms with E-state index in [-0.39, 0.29) is 12.5 Å². The van der Waals surface area contributed by atoms with Gasteiger partial charge in [-0.25, -0.2) is 4.98 Å². The molecule has 0 spiro atoms. The molecule has 7 heteroatoms. The zero-order valence-electron chi connectivity index (χ0n) is 12.6. The average molecular weight is 375 g/mol. The van der Waals surface area contributed by atoms with Crippen molar-refractivity contribution in [3.05, 3.63) is 28.0 Å². The first-order valence-corrected chi connectivity index (χ1v) is 9.30. The van der Waals surface area contributed by atoms with E-state index in [2.05, 4.69) is 29.8 Å². The molecule has 0 saturated carbocycles. The van der Waals surface area contributed by atoms with Crippen molar-refractivity contribution in [2.45, 2.75) is 33.2 Å². The Morgan fingerprint density at radius 2 is 2.05 bits per heavy atom. The molecule has 0 unspecified atom stereocenters. The summed E-state index contributed by atoms with van der Waals surface area (Å²) in [4.78, 5) is 4.71. The van der Waals surface area contributed by atoms with Gasteiger partial charge in [-0.05, 0) is 24.6 Å². The van der Waals surface area contributed by atoms with E-state index in [1.165, 1.54) is 0 Å². The van der Waals surface area contributed by atoms with E-state index in [1.807, 2.05) is 23.6 Å². The van der Waals surface area contributed by atoms with Crippen LogP contribution in [0.3, 0.4) is 0 Å². The Hall–Kier alpha value is -0.920. The van der Waals surface area contributed by atoms with Crippen LogP contribution in [-0.2, 0) is 20.8 Å². The largest absolute Gasteiger partial charge is 0.325 e. The fourth-order valence-corrected chi connectivity index (χ4v) is 3.26. The van der Waals surface area contributed by atoms with Gasteiger partial charge in [0.25, 0.3) is 10.1 Å². The molecule has 0 bridgehead atoms. The summed E-state index contributed by atoms with van der Waals surface area (Å²) in [7, 11) is -3.42. The predicted molar refractivity (Wildman–Crippen MR) is 87.1 cm³/mol. The molecule has 5 nitrogen and oxygen atoms in total. The molecule has 116 valence electrons. The summed E-state index contributed by atoms with van der Waals surface area (Å²) in [6, 6.07) is 4.03. The van der Waals surface area contributed by atoms with Crippen molar-refractivity contribution < 1.29 is 12.6 Å². The molecule has 0 atom stereocenters. The molecule has 1 aromatic heterocycles. The van der Waals surface area contributed by atoms with Gasteiger partial charge in [-0.3, -0.25) is 4.18 Å². The van der Waals surface area contributed by atoms with Crippen molar-refractivity contribution in [3.8, 4) is 0 Å². The second-order valence-corrected chi connectivity index (χ2v) is 7.95. The Bertz CT molecular complexity index is 766. The van der Waals surface area contributed by atoms with Crippen molar-refractivity contribution in [2.24, 2.45) is 0 Å². The fraction of sp³-hybridized carbons (Fsp3) is 0.500. The molecular formula is C14H19BrN2O3S. The summed E-state index contributed by atoms with van der Waals surface area (Å²) < 4.78 is 30.1. The number of hydrogen-bond donors (Lipinski definition) is 0. The SMILES string of the molecule is Cc1cc(Br)cc2c1nc(C(C)C)n2CCOS(C)(=O)=O. The summed E-state index contributed by atoms with van der Waals surface area (Å²) in [5.74, 6) is 1.18. The van der Waals surface area contributed by atoms with E-state index < -0.39 is 10.1 Å². The molecule has 0 amide bonds. The molecule has 0 N–H and O–H groups in total. The number of halogens is 1. The lowest BCUT2D eigenvalue weighted by molar-refractivity contribution is 0.303. The van der Waals surface area contributed by atoms with Gasteiger partial charge in [0.2, 0.25) is 0 Å². The standard InChI is InChI=1S/C14H19BrN2O3S/c1-9(2)14-16-13-10(3)7-11(15)8-12(13)17(14)5-6-20-21(4,18)19/h7-9H,5-6H2,1-4H3. The van der Waals surface area contributed by atoms with Crippen LogP contribution in [0.2, 0.25) is 0 Å². The number of imidazole rings is 1. The molecule has 0 saturated heterocycles. The number of benzene rings is 1. The van der Waals surface area contributed by atoms with Crippen molar-refractivity contribution in [1.29, 1.82) is 0 Å². The molecule has 1 heterocycles. The van der Waals surface area contributed by atoms with Crippen LogP contribution in [0.5, 0.6) is 0 Å².